The summed E-state index contributed by atoms with van der Waals surface area (Å²) in [6.07, 6.45) is 10.1. The molecule has 8 aromatic heterocycles. The molecule has 32 nitrogen and oxygen atoms in total. The number of hydrogen-bond acceptors (Lipinski definition) is 32. The number of sulfone groups is 8. The van der Waals surface area contributed by atoms with Crippen LogP contribution in [0.25, 0.3) is 81.7 Å². The number of hydrogen-bond donors (Lipinski definition) is 0. The van der Waals surface area contributed by atoms with Crippen molar-refractivity contribution < 1.29 is 161 Å². The third kappa shape index (κ3) is 49.3. The van der Waals surface area contributed by atoms with E-state index in [1.54, 1.807) is 90.7 Å². The van der Waals surface area contributed by atoms with E-state index in [2.05, 4.69) is 0 Å². The van der Waals surface area contributed by atoms with E-state index >= 15 is 0 Å². The summed E-state index contributed by atoms with van der Waals surface area (Å²) in [5, 5.41) is 66.4. The second-order valence-corrected chi connectivity index (χ2v) is 54.4. The summed E-state index contributed by atoms with van der Waals surface area (Å²) in [6.45, 7) is 4.24. The number of para-hydroxylation sites is 8. The van der Waals surface area contributed by atoms with Crippen LogP contribution >= 0.6 is 90.7 Å². The highest BCUT2D eigenvalue weighted by atomic mass is 32.2. The molecule has 0 N–H and O–H groups in total. The Labute approximate surface area is 820 Å². The van der Waals surface area contributed by atoms with Crippen molar-refractivity contribution in [2.75, 3.05) is 96.1 Å². The first-order valence-electron chi connectivity index (χ1n) is 39.5. The van der Waals surface area contributed by atoms with Crippen molar-refractivity contribution in [2.45, 2.75) is 52.4 Å². The predicted octanol–water partition coefficient (Wildman–Crippen LogP) is 0.513. The first-order chi connectivity index (χ1) is 63.4. The number of rotatable bonds is 24. The minimum atomic E-state index is -3.17. The molecule has 0 amide bonds. The molecule has 8 heterocycles. The van der Waals surface area contributed by atoms with Crippen LogP contribution in [0.2, 0.25) is 0 Å². The molecule has 0 aliphatic carbocycles. The van der Waals surface area contributed by atoms with Gasteiger partial charge in [0.2, 0.25) is 88.2 Å². The van der Waals surface area contributed by atoms with E-state index in [-0.39, 0.29) is 46.0 Å². The Hall–Kier alpha value is -7.86. The van der Waals surface area contributed by atoms with Crippen molar-refractivity contribution in [3.63, 3.8) is 0 Å². The average molecular weight is 2190 g/mol. The summed E-state index contributed by atoms with van der Waals surface area (Å²) >= 11 is 13.1. The average Bonchev–Trinajstić information content (AvgIpc) is 1.74. The van der Waals surface area contributed by atoms with Crippen LogP contribution in [0.4, 0.5) is 17.3 Å². The fraction of sp³-hybridized carbons (Fsp3) is 0.300. The van der Waals surface area contributed by atoms with Gasteiger partial charge in [0.05, 0.1) is 0 Å². The number of nitrogens with zero attached hydrogens (tertiary/aromatic N) is 8. The Morgan fingerprint density at radius 1 is 0.191 bits per heavy atom. The lowest BCUT2D eigenvalue weighted by molar-refractivity contribution is -0.662. The molecule has 0 aliphatic heterocycles. The topological polar surface area (TPSA) is 489 Å². The molecular formula is C80H96B4F4N8O24S16. The summed E-state index contributed by atoms with van der Waals surface area (Å²) in [4.78, 5) is 0. The molecule has 16 rings (SSSR count). The second-order valence-electron chi connectivity index (χ2n) is 29.2. The lowest BCUT2D eigenvalue weighted by Crippen LogP contribution is -2.39. The highest BCUT2D eigenvalue weighted by Gasteiger charge is 2.22. The Morgan fingerprint density at radius 2 is 0.272 bits per heavy atom. The zero-order chi connectivity index (χ0) is 101. The second kappa shape index (κ2) is 57.2. The van der Waals surface area contributed by atoms with Gasteiger partial charge in [-0.3, -0.25) is 0 Å². The van der Waals surface area contributed by atoms with Gasteiger partial charge in [-0.2, -0.15) is 36.5 Å². The van der Waals surface area contributed by atoms with Crippen LogP contribution in [0.5, 0.6) is 0 Å². The first kappa shape index (κ1) is 119. The highest BCUT2D eigenvalue weighted by Crippen LogP contribution is 2.22. The van der Waals surface area contributed by atoms with E-state index in [4.69, 9.17) is 40.2 Å². The van der Waals surface area contributed by atoms with Gasteiger partial charge in [-0.1, -0.05) is 188 Å². The Kier molecular flexibility index (Phi) is 49.8. The molecule has 136 heavy (non-hydrogen) atoms. The Balaban J connectivity index is 0.000000268. The van der Waals surface area contributed by atoms with Gasteiger partial charge in [0.25, 0.3) is 0 Å². The van der Waals surface area contributed by atoms with E-state index in [1.165, 1.54) is 87.6 Å². The molecule has 0 spiro atoms. The van der Waals surface area contributed by atoms with E-state index in [1.807, 2.05) is 275 Å². The van der Waals surface area contributed by atoms with Crippen LogP contribution in [-0.2, 0) is 131 Å². The van der Waals surface area contributed by atoms with Crippen molar-refractivity contribution in [3.05, 3.63) is 238 Å². The number of thiazole rings is 8. The molecular weight excluding hydrogens is 2090 g/mol. The molecule has 0 unspecified atom stereocenters. The van der Waals surface area contributed by atoms with E-state index in [0.29, 0.717) is 52.4 Å². The zero-order valence-corrected chi connectivity index (χ0v) is 87.2. The SMILES string of the molecule is CS(=O)(=O)CC[n+]1csc2ccccc21.CS(=O)(=O)CC[n+]1csc2ccccc21.CS(=O)(=O)CC[n+]1csc2ccccc21.CS(=O)(=O)CC[n+]1csc2ccccc21.CS(=O)(=O)CC[n+]1csc2ccccc21.CS(=O)(=O)CC[n+]1csc2ccccc21.CS(=O)(=O)CC[n+]1csc2ccccc21.CS(=O)(=O)CC[n+]1csc2ccccc21.[O-]B([O-])F.[O-]B([O-])F.[O-]B([O-])F.[O-]B([O-])F. The van der Waals surface area contributed by atoms with E-state index < -0.39 is 108 Å². The van der Waals surface area contributed by atoms with Crippen molar-refractivity contribution in [3.8, 4) is 0 Å². The summed E-state index contributed by atoms with van der Waals surface area (Å²) in [6, 6.07) is 64.0. The smallest absolute Gasteiger partial charge is 0.225 e. The van der Waals surface area contributed by atoms with Crippen LogP contribution in [-0.4, -0.2) is 193 Å². The normalized spacial score (nSPS) is 11.4. The lowest BCUT2D eigenvalue weighted by atomic mass is 10.3. The quantitative estimate of drug-likeness (QED) is 0.0452. The number of aromatic nitrogens is 8. The number of benzene rings is 8. The third-order valence-corrected chi connectivity index (χ3v) is 32.5. The summed E-state index contributed by atoms with van der Waals surface area (Å²) in [5.41, 5.74) is 24.6. The molecule has 8 aromatic carbocycles. The Bertz CT molecular complexity index is 6120. The van der Waals surface area contributed by atoms with Crippen molar-refractivity contribution in [2.24, 2.45) is 0 Å². The van der Waals surface area contributed by atoms with E-state index in [9.17, 15) is 84.6 Å². The van der Waals surface area contributed by atoms with Crippen LogP contribution in [0.3, 0.4) is 0 Å². The van der Waals surface area contributed by atoms with Gasteiger partial charge in [0, 0.05) is 98.6 Å². The fourth-order valence-electron chi connectivity index (χ4n) is 11.3. The minimum absolute atomic E-state index is 0.193. The largest absolute Gasteiger partial charge is 0.867 e. The molecule has 0 atom stereocenters. The summed E-state index contributed by atoms with van der Waals surface area (Å²) < 4.78 is 242. The fourth-order valence-corrected chi connectivity index (χ4v) is 22.9. The van der Waals surface area contributed by atoms with Crippen molar-refractivity contribution >= 4 is 281 Å². The van der Waals surface area contributed by atoms with Gasteiger partial charge >= 0.3 is 0 Å². The first-order valence-corrected chi connectivity index (χ1v) is 63.0. The minimum Gasteiger partial charge on any atom is -0.867 e. The molecule has 0 saturated carbocycles. The molecule has 0 fully saturated rings. The maximum Gasteiger partial charge on any atom is 0.225 e. The maximum absolute atomic E-state index is 11.1. The zero-order valence-electron chi connectivity index (χ0n) is 74.1. The summed E-state index contributed by atoms with van der Waals surface area (Å²) in [7, 11) is -35.7. The van der Waals surface area contributed by atoms with E-state index in [0.717, 1.165) is 44.1 Å². The standard InChI is InChI=1S/8C10H12NO2S2.4BFO2/c8*1-15(12,13)7-6-11-8-14-10-5-3-2-4-9(10)11;4*2-1(3)4/h8*2-5,8H,6-7H2,1H3;;;;/q8*+1;4*-2. The molecule has 736 valence electrons. The van der Waals surface area contributed by atoms with Crippen molar-refractivity contribution in [1.82, 2.24) is 0 Å². The Morgan fingerprint density at radius 3 is 0.353 bits per heavy atom. The third-order valence-electron chi connectivity index (χ3n) is 17.5. The molecule has 0 aliphatic rings. The van der Waals surface area contributed by atoms with Gasteiger partial charge in [-0.25, -0.2) is 67.3 Å². The van der Waals surface area contributed by atoms with Gasteiger partial charge in [0.15, 0.2) is 131 Å². The van der Waals surface area contributed by atoms with Crippen LogP contribution in [0, 0.1) is 0 Å². The van der Waals surface area contributed by atoms with Gasteiger partial charge in [-0.15, -0.1) is 0 Å². The molecule has 0 radical (unpaired) electrons. The summed E-state index contributed by atoms with van der Waals surface area (Å²) in [5.74, 6) is 1.54. The monoisotopic (exact) mass is 2180 g/mol. The lowest BCUT2D eigenvalue weighted by Gasteiger charge is -2.09. The van der Waals surface area contributed by atoms with Crippen molar-refractivity contribution in [1.29, 1.82) is 0 Å². The highest BCUT2D eigenvalue weighted by molar-refractivity contribution is 7.92. The van der Waals surface area contributed by atoms with Gasteiger partial charge < -0.3 is 57.5 Å². The molecule has 0 saturated heterocycles. The number of fused-ring (bicyclic) bond motifs is 8. The molecule has 56 heteroatoms. The van der Waals surface area contributed by atoms with Crippen LogP contribution in [0.1, 0.15) is 0 Å². The number of halogens is 4. The molecule has 16 aromatic rings. The maximum atomic E-state index is 11.1. The van der Waals surface area contributed by atoms with Crippen LogP contribution < -0.4 is 76.7 Å². The predicted molar refractivity (Wildman–Crippen MR) is 521 cm³/mol. The van der Waals surface area contributed by atoms with Crippen LogP contribution in [0.15, 0.2) is 238 Å². The van der Waals surface area contributed by atoms with Gasteiger partial charge in [0.1, 0.15) is 113 Å². The molecule has 0 bridgehead atoms. The van der Waals surface area contributed by atoms with Gasteiger partial charge in [-0.05, 0) is 48.5 Å². The number of aryl methyl sites for hydroxylation is 8.